The Morgan fingerprint density at radius 2 is 1.89 bits per heavy atom. The molecule has 0 aliphatic rings. The second kappa shape index (κ2) is 4.46. The van der Waals surface area contributed by atoms with Crippen LogP contribution in [0.1, 0.15) is 15.3 Å². The van der Waals surface area contributed by atoms with Crippen molar-refractivity contribution in [3.05, 3.63) is 11.0 Å². The minimum Gasteiger partial charge on any atom is -1.00 e. The van der Waals surface area contributed by atoms with Gasteiger partial charge in [0.05, 0.1) is 5.41 Å². The SMILES string of the molecule is CC(C)=CS(=O)(=O)O.[H-].[Na+]. The molecule has 50 valence electrons. The number of hydrogen-bond donors (Lipinski definition) is 1. The fraction of sp³-hybridized carbons (Fsp3) is 0.500. The molecule has 0 aliphatic heterocycles. The average molecular weight is 160 g/mol. The Hall–Kier alpha value is 0.650. The van der Waals surface area contributed by atoms with Gasteiger partial charge in [0.1, 0.15) is 0 Å². The first-order valence-electron chi connectivity index (χ1n) is 2.04. The first kappa shape index (κ1) is 12.3. The van der Waals surface area contributed by atoms with Gasteiger partial charge in [-0.25, -0.2) is 0 Å². The van der Waals surface area contributed by atoms with E-state index in [1.165, 1.54) is 0 Å². The summed E-state index contributed by atoms with van der Waals surface area (Å²) in [4.78, 5) is 0. The maximum Gasteiger partial charge on any atom is 1.00 e. The van der Waals surface area contributed by atoms with E-state index in [1.807, 2.05) is 0 Å². The molecule has 0 saturated heterocycles. The maximum absolute atomic E-state index is 9.92. The van der Waals surface area contributed by atoms with Gasteiger partial charge in [0.2, 0.25) is 0 Å². The summed E-state index contributed by atoms with van der Waals surface area (Å²) in [5, 5.41) is 0.799. The molecule has 0 amide bonds. The van der Waals surface area contributed by atoms with E-state index in [0.29, 0.717) is 5.57 Å². The minimum atomic E-state index is -3.89. The summed E-state index contributed by atoms with van der Waals surface area (Å²) in [7, 11) is -3.89. The molecule has 0 bridgehead atoms. The Morgan fingerprint density at radius 3 is 1.89 bits per heavy atom. The van der Waals surface area contributed by atoms with Crippen molar-refractivity contribution in [1.82, 2.24) is 0 Å². The molecule has 1 N–H and O–H groups in total. The van der Waals surface area contributed by atoms with Crippen molar-refractivity contribution in [1.29, 1.82) is 0 Å². The molecule has 0 fully saturated rings. The third kappa shape index (κ3) is 12.0. The molecule has 0 saturated carbocycles. The predicted molar refractivity (Wildman–Crippen MR) is 32.1 cm³/mol. The number of allylic oxidation sites excluding steroid dienone is 1. The Labute approximate surface area is 78.7 Å². The van der Waals surface area contributed by atoms with Gasteiger partial charge < -0.3 is 1.43 Å². The smallest absolute Gasteiger partial charge is 1.00 e. The van der Waals surface area contributed by atoms with Gasteiger partial charge in [0.25, 0.3) is 10.1 Å². The molecule has 3 nitrogen and oxygen atoms in total. The van der Waals surface area contributed by atoms with Gasteiger partial charge in [-0.2, -0.15) is 8.42 Å². The van der Waals surface area contributed by atoms with Gasteiger partial charge in [-0.05, 0) is 13.8 Å². The van der Waals surface area contributed by atoms with Crippen LogP contribution in [0.4, 0.5) is 0 Å². The van der Waals surface area contributed by atoms with Crippen LogP contribution < -0.4 is 29.6 Å². The summed E-state index contributed by atoms with van der Waals surface area (Å²) < 4.78 is 27.9. The maximum atomic E-state index is 9.92. The second-order valence-corrected chi connectivity index (χ2v) is 2.98. The molecule has 0 atom stereocenters. The van der Waals surface area contributed by atoms with Crippen molar-refractivity contribution in [3.8, 4) is 0 Å². The Balaban J connectivity index is -0.000000245. The van der Waals surface area contributed by atoms with Crippen LogP contribution >= 0.6 is 0 Å². The average Bonchev–Trinajstić information content (AvgIpc) is 1.21. The van der Waals surface area contributed by atoms with Crippen LogP contribution in [0.3, 0.4) is 0 Å². The molecule has 9 heavy (non-hydrogen) atoms. The zero-order chi connectivity index (χ0) is 6.78. The van der Waals surface area contributed by atoms with E-state index in [2.05, 4.69) is 0 Å². The van der Waals surface area contributed by atoms with E-state index in [1.54, 1.807) is 13.8 Å². The quantitative estimate of drug-likeness (QED) is 0.353. The fourth-order valence-corrected chi connectivity index (χ4v) is 0.894. The van der Waals surface area contributed by atoms with Crippen molar-refractivity contribution < 1.29 is 44.0 Å². The van der Waals surface area contributed by atoms with Crippen molar-refractivity contribution in [2.75, 3.05) is 0 Å². The van der Waals surface area contributed by atoms with Crippen LogP contribution in [-0.4, -0.2) is 13.0 Å². The molecule has 0 aromatic carbocycles. The first-order chi connectivity index (χ1) is 3.42. The van der Waals surface area contributed by atoms with Gasteiger partial charge in [-0.3, -0.25) is 4.55 Å². The normalized spacial score (nSPS) is 9.67. The van der Waals surface area contributed by atoms with Crippen LogP contribution in [0.5, 0.6) is 0 Å². The van der Waals surface area contributed by atoms with Crippen molar-refractivity contribution >= 4 is 10.1 Å². The molecular weight excluding hydrogens is 151 g/mol. The zero-order valence-corrected chi connectivity index (χ0v) is 8.57. The van der Waals surface area contributed by atoms with Crippen LogP contribution in [0, 0.1) is 0 Å². The molecule has 0 aromatic rings. The molecule has 5 heteroatoms. The van der Waals surface area contributed by atoms with E-state index < -0.39 is 10.1 Å². The number of hydrogen-bond acceptors (Lipinski definition) is 2. The number of rotatable bonds is 1. The van der Waals surface area contributed by atoms with Crippen LogP contribution in [0.15, 0.2) is 11.0 Å². The Morgan fingerprint density at radius 1 is 1.56 bits per heavy atom. The molecule has 0 rings (SSSR count). The second-order valence-electron chi connectivity index (χ2n) is 1.71. The predicted octanol–water partition coefficient (Wildman–Crippen LogP) is -2.09. The third-order valence-corrected chi connectivity index (χ3v) is 1.15. The minimum absolute atomic E-state index is 0. The summed E-state index contributed by atoms with van der Waals surface area (Å²) >= 11 is 0. The van der Waals surface area contributed by atoms with Crippen molar-refractivity contribution in [2.24, 2.45) is 0 Å². The largest absolute Gasteiger partial charge is 1.00 e. The van der Waals surface area contributed by atoms with Crippen LogP contribution in [0.2, 0.25) is 0 Å². The summed E-state index contributed by atoms with van der Waals surface area (Å²) in [6.07, 6.45) is 0. The molecule has 0 heterocycles. The Kier molecular flexibility index (Phi) is 6.12. The van der Waals surface area contributed by atoms with Crippen molar-refractivity contribution in [2.45, 2.75) is 13.8 Å². The van der Waals surface area contributed by atoms with Crippen molar-refractivity contribution in [3.63, 3.8) is 0 Å². The molecular formula is C4H9NaO3S. The van der Waals surface area contributed by atoms with Gasteiger partial charge in [0, 0.05) is 0 Å². The molecule has 0 radical (unpaired) electrons. The van der Waals surface area contributed by atoms with Gasteiger partial charge >= 0.3 is 29.6 Å². The van der Waals surface area contributed by atoms with E-state index in [0.717, 1.165) is 5.41 Å². The summed E-state index contributed by atoms with van der Waals surface area (Å²) in [5.41, 5.74) is 0.563. The standard InChI is InChI=1S/C4H8O3S.Na.H/c1-4(2)3-8(5,6)7;;/h3H,1-2H3,(H,5,6,7);;/q;+1;-1. The molecule has 0 aromatic heterocycles. The topological polar surface area (TPSA) is 54.4 Å². The monoisotopic (exact) mass is 160 g/mol. The van der Waals surface area contributed by atoms with Crippen LogP contribution in [0.25, 0.3) is 0 Å². The fourth-order valence-electron chi connectivity index (χ4n) is 0.298. The molecule has 0 aliphatic carbocycles. The third-order valence-electron chi connectivity index (χ3n) is 0.385. The summed E-state index contributed by atoms with van der Waals surface area (Å²) in [6.45, 7) is 3.18. The van der Waals surface area contributed by atoms with E-state index in [-0.39, 0.29) is 31.0 Å². The van der Waals surface area contributed by atoms with Gasteiger partial charge in [-0.15, -0.1) is 0 Å². The Bertz CT molecular complexity index is 193. The van der Waals surface area contributed by atoms with Crippen LogP contribution in [-0.2, 0) is 10.1 Å². The van der Waals surface area contributed by atoms with E-state index >= 15 is 0 Å². The first-order valence-corrected chi connectivity index (χ1v) is 3.54. The van der Waals surface area contributed by atoms with E-state index in [4.69, 9.17) is 4.55 Å². The zero-order valence-electron chi connectivity index (χ0n) is 6.75. The summed E-state index contributed by atoms with van der Waals surface area (Å²) in [5.74, 6) is 0. The molecule has 0 unspecified atom stereocenters. The molecule has 0 spiro atoms. The van der Waals surface area contributed by atoms with E-state index in [9.17, 15) is 8.42 Å². The summed E-state index contributed by atoms with van der Waals surface area (Å²) in [6, 6.07) is 0. The van der Waals surface area contributed by atoms with Gasteiger partial charge in [-0.1, -0.05) is 5.57 Å². The van der Waals surface area contributed by atoms with Gasteiger partial charge in [0.15, 0.2) is 0 Å².